The topological polar surface area (TPSA) is 134 Å². The van der Waals surface area contributed by atoms with E-state index in [0.717, 1.165) is 25.2 Å². The van der Waals surface area contributed by atoms with E-state index in [0.29, 0.717) is 39.4 Å². The van der Waals surface area contributed by atoms with E-state index in [1.165, 1.54) is 6.20 Å². The van der Waals surface area contributed by atoms with Crippen molar-refractivity contribution in [3.05, 3.63) is 66.6 Å². The number of anilines is 2. The van der Waals surface area contributed by atoms with E-state index in [2.05, 4.69) is 38.2 Å². The van der Waals surface area contributed by atoms with Crippen molar-refractivity contribution in [1.29, 1.82) is 5.26 Å². The van der Waals surface area contributed by atoms with Crippen molar-refractivity contribution < 1.29 is 9.21 Å². The number of amides is 1. The van der Waals surface area contributed by atoms with Crippen LogP contribution < -0.4 is 16.0 Å². The third-order valence-corrected chi connectivity index (χ3v) is 5.91. The molecule has 170 valence electrons. The van der Waals surface area contributed by atoms with E-state index in [4.69, 9.17) is 10.2 Å². The third kappa shape index (κ3) is 4.19. The van der Waals surface area contributed by atoms with Crippen LogP contribution in [0.3, 0.4) is 0 Å². The highest BCUT2D eigenvalue weighted by Gasteiger charge is 2.25. The molecule has 0 spiro atoms. The normalized spacial score (nSPS) is 18.0. The van der Waals surface area contributed by atoms with Gasteiger partial charge in [0.1, 0.15) is 23.5 Å². The fourth-order valence-corrected chi connectivity index (χ4v) is 4.43. The predicted molar refractivity (Wildman–Crippen MR) is 128 cm³/mol. The molecule has 1 fully saturated rings. The second-order valence-corrected chi connectivity index (χ2v) is 8.62. The zero-order valence-corrected chi connectivity index (χ0v) is 18.6. The Balaban J connectivity index is 1.45. The van der Waals surface area contributed by atoms with Crippen molar-refractivity contribution in [1.82, 2.24) is 15.0 Å². The summed E-state index contributed by atoms with van der Waals surface area (Å²) >= 11 is 0. The average Bonchev–Trinajstić information content (AvgIpc) is 3.27. The Bertz CT molecular complexity index is 1400. The van der Waals surface area contributed by atoms with E-state index in [1.807, 2.05) is 6.07 Å². The van der Waals surface area contributed by atoms with Crippen molar-refractivity contribution in [3.63, 3.8) is 0 Å². The van der Waals surface area contributed by atoms with E-state index < -0.39 is 0 Å². The fraction of sp³-hybridized carbons (Fsp3) is 0.240. The number of nitrogens with one attached hydrogen (secondary N) is 1. The van der Waals surface area contributed by atoms with Gasteiger partial charge in [0.25, 0.3) is 5.91 Å². The lowest BCUT2D eigenvalue weighted by atomic mass is 9.96. The lowest BCUT2D eigenvalue weighted by molar-refractivity contribution is 0.102. The van der Waals surface area contributed by atoms with Crippen LogP contribution in [0.25, 0.3) is 22.2 Å². The Labute approximate surface area is 196 Å². The zero-order valence-electron chi connectivity index (χ0n) is 18.6. The van der Waals surface area contributed by atoms with Gasteiger partial charge in [0.2, 0.25) is 0 Å². The highest BCUT2D eigenvalue weighted by molar-refractivity contribution is 6.06. The lowest BCUT2D eigenvalue weighted by Gasteiger charge is -2.37. The maximum Gasteiger partial charge on any atom is 0.274 e. The molecule has 1 amide bonds. The molecule has 0 aromatic carbocycles. The van der Waals surface area contributed by atoms with Gasteiger partial charge in [-0.2, -0.15) is 5.26 Å². The molecule has 0 saturated carbocycles. The number of rotatable bonds is 4. The largest absolute Gasteiger partial charge is 0.462 e. The first-order valence-electron chi connectivity index (χ1n) is 11.0. The summed E-state index contributed by atoms with van der Waals surface area (Å²) in [6.07, 6.45) is 9.00. The van der Waals surface area contributed by atoms with Crippen LogP contribution in [0.5, 0.6) is 0 Å². The summed E-state index contributed by atoms with van der Waals surface area (Å²) < 4.78 is 5.62. The number of piperidine rings is 1. The number of fused-ring (bicyclic) bond motifs is 1. The van der Waals surface area contributed by atoms with Crippen LogP contribution in [-0.4, -0.2) is 40.0 Å². The molecule has 5 heterocycles. The summed E-state index contributed by atoms with van der Waals surface area (Å²) in [6, 6.07) is 9.07. The number of hydrogen-bond acceptors (Lipinski definition) is 8. The first-order chi connectivity index (χ1) is 16.5. The van der Waals surface area contributed by atoms with Crippen LogP contribution in [0.1, 0.15) is 29.4 Å². The van der Waals surface area contributed by atoms with E-state index in [9.17, 15) is 10.1 Å². The van der Waals surface area contributed by atoms with Crippen molar-refractivity contribution in [2.24, 2.45) is 11.7 Å². The molecule has 9 nitrogen and oxygen atoms in total. The zero-order chi connectivity index (χ0) is 23.7. The van der Waals surface area contributed by atoms with Crippen LogP contribution in [0.4, 0.5) is 11.4 Å². The van der Waals surface area contributed by atoms with Crippen LogP contribution in [-0.2, 0) is 0 Å². The van der Waals surface area contributed by atoms with Gasteiger partial charge < -0.3 is 20.4 Å². The fourth-order valence-electron chi connectivity index (χ4n) is 4.43. The van der Waals surface area contributed by atoms with Crippen LogP contribution in [0, 0.1) is 17.2 Å². The number of aromatic nitrogens is 3. The minimum absolute atomic E-state index is 0.0816. The molecule has 1 aliphatic rings. The first-order valence-corrected chi connectivity index (χ1v) is 11.0. The highest BCUT2D eigenvalue weighted by atomic mass is 16.3. The molecule has 4 aromatic heterocycles. The van der Waals surface area contributed by atoms with Gasteiger partial charge in [-0.3, -0.25) is 14.8 Å². The molecular weight excluding hydrogens is 430 g/mol. The van der Waals surface area contributed by atoms with Gasteiger partial charge in [-0.1, -0.05) is 6.92 Å². The molecule has 1 aliphatic heterocycles. The summed E-state index contributed by atoms with van der Waals surface area (Å²) in [5.74, 6) is 0.0969. The molecule has 4 aromatic rings. The number of carbonyl (C=O) groups is 1. The van der Waals surface area contributed by atoms with E-state index in [-0.39, 0.29) is 17.6 Å². The van der Waals surface area contributed by atoms with Gasteiger partial charge in [0.15, 0.2) is 5.58 Å². The number of furan rings is 1. The maximum atomic E-state index is 13.2. The molecular formula is C25H23N7O2. The van der Waals surface area contributed by atoms with Crippen molar-refractivity contribution in [2.45, 2.75) is 19.4 Å². The van der Waals surface area contributed by atoms with Gasteiger partial charge in [0.05, 0.1) is 23.1 Å². The Kier molecular flexibility index (Phi) is 5.65. The number of pyridine rings is 3. The first kappa shape index (κ1) is 21.6. The monoisotopic (exact) mass is 453 g/mol. The summed E-state index contributed by atoms with van der Waals surface area (Å²) in [6.45, 7) is 3.75. The Morgan fingerprint density at radius 3 is 2.94 bits per heavy atom. The number of hydrogen-bond donors (Lipinski definition) is 2. The van der Waals surface area contributed by atoms with Crippen molar-refractivity contribution >= 4 is 28.4 Å². The second kappa shape index (κ2) is 8.92. The second-order valence-electron chi connectivity index (χ2n) is 8.62. The molecule has 9 heteroatoms. The molecule has 5 rings (SSSR count). The predicted octanol–water partition coefficient (Wildman–Crippen LogP) is 3.58. The Morgan fingerprint density at radius 2 is 2.12 bits per heavy atom. The summed E-state index contributed by atoms with van der Waals surface area (Å²) in [7, 11) is 0. The molecule has 2 unspecified atom stereocenters. The van der Waals surface area contributed by atoms with E-state index >= 15 is 0 Å². The molecule has 1 saturated heterocycles. The van der Waals surface area contributed by atoms with Crippen LogP contribution >= 0.6 is 0 Å². The van der Waals surface area contributed by atoms with Gasteiger partial charge in [-0.25, -0.2) is 4.98 Å². The summed E-state index contributed by atoms with van der Waals surface area (Å²) in [4.78, 5) is 28.2. The highest BCUT2D eigenvalue weighted by Crippen LogP contribution is 2.31. The SMILES string of the molecule is CC1CC(N)CN(c2ccncc2NC(=O)c2ccc3occ(-c4cncc(C#N)c4)c3n2)C1. The minimum atomic E-state index is -0.360. The lowest BCUT2D eigenvalue weighted by Crippen LogP contribution is -2.46. The Morgan fingerprint density at radius 1 is 1.24 bits per heavy atom. The van der Waals surface area contributed by atoms with Crippen molar-refractivity contribution in [3.8, 4) is 17.2 Å². The number of nitrogens with zero attached hydrogens (tertiary/aromatic N) is 5. The van der Waals surface area contributed by atoms with Gasteiger partial charge >= 0.3 is 0 Å². The standard InChI is InChI=1S/C25H23N7O2/c1-15-6-18(27)13-32(12-15)22-4-5-28-11-21(22)31-25(33)20-2-3-23-24(30-20)19(14-34-23)17-7-16(8-26)9-29-10-17/h2-5,7,9-11,14-15,18H,6,12-13,27H2,1H3,(H,31,33). The molecule has 0 aliphatic carbocycles. The third-order valence-electron chi connectivity index (χ3n) is 5.91. The summed E-state index contributed by atoms with van der Waals surface area (Å²) in [5, 5.41) is 12.1. The number of carbonyl (C=O) groups excluding carboxylic acids is 1. The Hall–Kier alpha value is -4.29. The average molecular weight is 454 g/mol. The van der Waals surface area contributed by atoms with Gasteiger partial charge in [-0.05, 0) is 36.6 Å². The van der Waals surface area contributed by atoms with E-state index in [1.54, 1.807) is 43.1 Å². The maximum absolute atomic E-state index is 13.2. The molecule has 3 N–H and O–H groups in total. The molecule has 0 bridgehead atoms. The van der Waals surface area contributed by atoms with Crippen LogP contribution in [0.15, 0.2) is 59.7 Å². The minimum Gasteiger partial charge on any atom is -0.462 e. The number of nitrogens with two attached hydrogens (primary N) is 1. The summed E-state index contributed by atoms with van der Waals surface area (Å²) in [5.41, 5.74) is 10.8. The molecule has 2 atom stereocenters. The van der Waals surface area contributed by atoms with Crippen molar-refractivity contribution in [2.75, 3.05) is 23.3 Å². The quantitative estimate of drug-likeness (QED) is 0.479. The van der Waals surface area contributed by atoms with Crippen LogP contribution in [0.2, 0.25) is 0 Å². The molecule has 0 radical (unpaired) electrons. The van der Waals surface area contributed by atoms with Gasteiger partial charge in [-0.15, -0.1) is 0 Å². The number of nitriles is 1. The smallest absolute Gasteiger partial charge is 0.274 e. The van der Waals surface area contributed by atoms with Gasteiger partial charge in [0, 0.05) is 48.8 Å². The molecule has 34 heavy (non-hydrogen) atoms.